The first-order chi connectivity index (χ1) is 12.1. The van der Waals surface area contributed by atoms with Crippen LogP contribution in [-0.4, -0.2) is 24.4 Å². The number of methoxy groups -OCH3 is 1. The second kappa shape index (κ2) is 7.49. The van der Waals surface area contributed by atoms with Crippen LogP contribution >= 0.6 is 11.6 Å². The van der Waals surface area contributed by atoms with Crippen molar-refractivity contribution in [3.63, 3.8) is 0 Å². The Labute approximate surface area is 151 Å². The van der Waals surface area contributed by atoms with Gasteiger partial charge in [-0.15, -0.1) is 13.2 Å². The first-order valence-corrected chi connectivity index (χ1v) is 7.32. The van der Waals surface area contributed by atoms with Gasteiger partial charge in [0, 0.05) is 5.69 Å². The van der Waals surface area contributed by atoms with Gasteiger partial charge < -0.3 is 19.6 Å². The molecule has 0 saturated heterocycles. The number of esters is 1. The first kappa shape index (κ1) is 19.3. The summed E-state index contributed by atoms with van der Waals surface area (Å²) in [7, 11) is 1.16. The standard InChI is InChI=1S/C16H11ClF3N3O3/c1-8-6-9(26-16(18,19)20)4-5-12(8)22-13-10(15(24)25-3)7-11(17)14(21-2)23-13/h4-7H,1,3H3,(H,22,23). The van der Waals surface area contributed by atoms with Crippen LogP contribution in [0.1, 0.15) is 15.9 Å². The van der Waals surface area contributed by atoms with Crippen molar-refractivity contribution in [1.29, 1.82) is 0 Å². The van der Waals surface area contributed by atoms with Crippen LogP contribution in [-0.2, 0) is 4.74 Å². The molecule has 0 aliphatic carbocycles. The number of rotatable bonds is 4. The Kier molecular flexibility index (Phi) is 5.57. The van der Waals surface area contributed by atoms with Crippen molar-refractivity contribution < 1.29 is 27.4 Å². The number of hydrogen-bond donors (Lipinski definition) is 1. The summed E-state index contributed by atoms with van der Waals surface area (Å²) in [5, 5.41) is 2.77. The number of ether oxygens (including phenoxy) is 2. The minimum Gasteiger partial charge on any atom is -0.465 e. The smallest absolute Gasteiger partial charge is 0.465 e. The van der Waals surface area contributed by atoms with Crippen LogP contribution in [0.4, 0.5) is 30.5 Å². The summed E-state index contributed by atoms with van der Waals surface area (Å²) in [6, 6.07) is 4.82. The SMILES string of the molecule is [C-]#[N+]c1nc(Nc2ccc(OC(F)(F)F)cc2C)c(C(=O)OC)cc1Cl. The maximum absolute atomic E-state index is 12.3. The predicted octanol–water partition coefficient (Wildman–Crippen LogP) is 5.02. The number of aromatic nitrogens is 1. The Morgan fingerprint density at radius 3 is 2.58 bits per heavy atom. The Morgan fingerprint density at radius 1 is 1.35 bits per heavy atom. The van der Waals surface area contributed by atoms with Crippen molar-refractivity contribution in [2.75, 3.05) is 12.4 Å². The van der Waals surface area contributed by atoms with E-state index in [1.807, 2.05) is 0 Å². The summed E-state index contributed by atoms with van der Waals surface area (Å²) < 4.78 is 45.3. The van der Waals surface area contributed by atoms with Crippen LogP contribution in [0.15, 0.2) is 24.3 Å². The Bertz CT molecular complexity index is 895. The number of aryl methyl sites for hydroxylation is 1. The maximum Gasteiger partial charge on any atom is 0.573 e. The van der Waals surface area contributed by atoms with Gasteiger partial charge in [-0.2, -0.15) is 0 Å². The summed E-state index contributed by atoms with van der Waals surface area (Å²) >= 11 is 5.88. The largest absolute Gasteiger partial charge is 0.573 e. The van der Waals surface area contributed by atoms with E-state index in [1.165, 1.54) is 25.1 Å². The van der Waals surface area contributed by atoms with Crippen molar-refractivity contribution >= 4 is 34.9 Å². The van der Waals surface area contributed by atoms with Gasteiger partial charge in [-0.1, -0.05) is 23.2 Å². The van der Waals surface area contributed by atoms with Gasteiger partial charge in [-0.3, -0.25) is 0 Å². The van der Waals surface area contributed by atoms with E-state index in [4.69, 9.17) is 18.2 Å². The van der Waals surface area contributed by atoms with E-state index in [2.05, 4.69) is 24.6 Å². The predicted molar refractivity (Wildman–Crippen MR) is 88.0 cm³/mol. The molecule has 0 bridgehead atoms. The van der Waals surface area contributed by atoms with Crippen molar-refractivity contribution in [1.82, 2.24) is 4.98 Å². The number of halogens is 4. The first-order valence-electron chi connectivity index (χ1n) is 6.94. The molecule has 2 aromatic rings. The second-order valence-electron chi connectivity index (χ2n) is 4.94. The van der Waals surface area contributed by atoms with E-state index >= 15 is 0 Å². The fourth-order valence-electron chi connectivity index (χ4n) is 2.02. The van der Waals surface area contributed by atoms with Crippen LogP contribution < -0.4 is 10.1 Å². The number of carbonyl (C=O) groups is 1. The quantitative estimate of drug-likeness (QED) is 0.591. The van der Waals surface area contributed by atoms with Gasteiger partial charge in [-0.25, -0.2) is 4.79 Å². The molecule has 2 rings (SSSR count). The van der Waals surface area contributed by atoms with Gasteiger partial charge in [0.15, 0.2) is 0 Å². The number of anilines is 2. The van der Waals surface area contributed by atoms with Gasteiger partial charge in [0.1, 0.15) is 11.3 Å². The van der Waals surface area contributed by atoms with Gasteiger partial charge in [0.05, 0.1) is 12.1 Å². The molecule has 26 heavy (non-hydrogen) atoms. The normalized spacial score (nSPS) is 10.8. The number of hydrogen-bond acceptors (Lipinski definition) is 5. The molecular weight excluding hydrogens is 375 g/mol. The van der Waals surface area contributed by atoms with Crippen molar-refractivity contribution in [2.24, 2.45) is 0 Å². The average molecular weight is 386 g/mol. The summed E-state index contributed by atoms with van der Waals surface area (Å²) in [6.07, 6.45) is -4.80. The minimum atomic E-state index is -4.80. The molecule has 1 aromatic heterocycles. The highest BCUT2D eigenvalue weighted by Crippen LogP contribution is 2.32. The summed E-state index contributed by atoms with van der Waals surface area (Å²) in [4.78, 5) is 19.0. The summed E-state index contributed by atoms with van der Waals surface area (Å²) in [6.45, 7) is 8.59. The number of pyridine rings is 1. The molecule has 0 unspecified atom stereocenters. The molecule has 0 aliphatic heterocycles. The molecule has 1 N–H and O–H groups in total. The van der Waals surface area contributed by atoms with Gasteiger partial charge in [0.2, 0.25) is 5.82 Å². The third kappa shape index (κ3) is 4.55. The molecule has 0 saturated carbocycles. The van der Waals surface area contributed by atoms with E-state index in [1.54, 1.807) is 0 Å². The molecule has 0 spiro atoms. The topological polar surface area (TPSA) is 64.8 Å². The van der Waals surface area contributed by atoms with Crippen LogP contribution in [0.5, 0.6) is 5.75 Å². The van der Waals surface area contributed by atoms with E-state index in [9.17, 15) is 18.0 Å². The fraction of sp³-hybridized carbons (Fsp3) is 0.188. The lowest BCUT2D eigenvalue weighted by molar-refractivity contribution is -0.274. The van der Waals surface area contributed by atoms with E-state index in [0.717, 1.165) is 13.2 Å². The zero-order valence-corrected chi connectivity index (χ0v) is 14.2. The number of nitrogens with zero attached hydrogens (tertiary/aromatic N) is 2. The lowest BCUT2D eigenvalue weighted by atomic mass is 10.1. The molecule has 10 heteroatoms. The molecule has 0 radical (unpaired) electrons. The average Bonchev–Trinajstić information content (AvgIpc) is 2.56. The van der Waals surface area contributed by atoms with Gasteiger partial charge >= 0.3 is 12.3 Å². The molecule has 1 heterocycles. The second-order valence-corrected chi connectivity index (χ2v) is 5.35. The molecule has 6 nitrogen and oxygen atoms in total. The Hall–Kier alpha value is -2.99. The van der Waals surface area contributed by atoms with E-state index in [0.29, 0.717) is 11.3 Å². The van der Waals surface area contributed by atoms with Crippen LogP contribution in [0.25, 0.3) is 4.85 Å². The van der Waals surface area contributed by atoms with Crippen LogP contribution in [0.3, 0.4) is 0 Å². The molecular formula is C16H11ClF3N3O3. The molecule has 0 fully saturated rings. The van der Waals surface area contributed by atoms with Crippen LogP contribution in [0, 0.1) is 13.5 Å². The Morgan fingerprint density at radius 2 is 2.04 bits per heavy atom. The van der Waals surface area contributed by atoms with Gasteiger partial charge in [0.25, 0.3) is 5.82 Å². The molecule has 0 aliphatic rings. The lowest BCUT2D eigenvalue weighted by Gasteiger charge is -2.13. The lowest BCUT2D eigenvalue weighted by Crippen LogP contribution is -2.17. The molecule has 1 aromatic carbocycles. The summed E-state index contributed by atoms with van der Waals surface area (Å²) in [5.74, 6) is -1.29. The highest BCUT2D eigenvalue weighted by molar-refractivity contribution is 6.33. The Balaban J connectivity index is 2.41. The van der Waals surface area contributed by atoms with Crippen molar-refractivity contribution in [3.05, 3.63) is 51.8 Å². The summed E-state index contributed by atoms with van der Waals surface area (Å²) in [5.41, 5.74) is 0.721. The van der Waals surface area contributed by atoms with Crippen LogP contribution in [0.2, 0.25) is 5.02 Å². The maximum atomic E-state index is 12.3. The van der Waals surface area contributed by atoms with Crippen molar-refractivity contribution in [3.8, 4) is 5.75 Å². The van der Waals surface area contributed by atoms with Gasteiger partial charge in [-0.05, 0) is 36.8 Å². The number of benzene rings is 1. The highest BCUT2D eigenvalue weighted by Gasteiger charge is 2.31. The number of alkyl halides is 3. The zero-order valence-electron chi connectivity index (χ0n) is 13.4. The molecule has 136 valence electrons. The third-order valence-electron chi connectivity index (χ3n) is 3.15. The zero-order chi connectivity index (χ0) is 19.5. The fourth-order valence-corrected chi connectivity index (χ4v) is 2.21. The van der Waals surface area contributed by atoms with E-state index in [-0.39, 0.29) is 28.0 Å². The third-order valence-corrected chi connectivity index (χ3v) is 3.43. The van der Waals surface area contributed by atoms with Crippen molar-refractivity contribution in [2.45, 2.75) is 13.3 Å². The number of carbonyl (C=O) groups excluding carboxylic acids is 1. The number of nitrogens with one attached hydrogen (secondary N) is 1. The highest BCUT2D eigenvalue weighted by atomic mass is 35.5. The molecule has 0 atom stereocenters. The monoisotopic (exact) mass is 385 g/mol. The molecule has 0 amide bonds. The van der Waals surface area contributed by atoms with E-state index < -0.39 is 12.3 Å². The minimum absolute atomic E-state index is 0.0140.